The van der Waals surface area contributed by atoms with E-state index in [1.165, 1.54) is 58.2 Å². The van der Waals surface area contributed by atoms with E-state index in [2.05, 4.69) is 24.1 Å². The second-order valence-corrected chi connectivity index (χ2v) is 6.66. The Hall–Kier alpha value is -0.120. The molecule has 2 aliphatic rings. The van der Waals surface area contributed by atoms with Crippen LogP contribution in [0.1, 0.15) is 52.4 Å². The molecule has 2 heterocycles. The van der Waals surface area contributed by atoms with Gasteiger partial charge in [-0.15, -0.1) is 0 Å². The summed E-state index contributed by atoms with van der Waals surface area (Å²) in [5.74, 6) is 0.848. The Morgan fingerprint density at radius 1 is 1.05 bits per heavy atom. The molecule has 0 unspecified atom stereocenters. The molecule has 0 aromatic carbocycles. The first kappa shape index (κ1) is 15.3. The van der Waals surface area contributed by atoms with E-state index in [1.54, 1.807) is 0 Å². The highest BCUT2D eigenvalue weighted by Crippen LogP contribution is 2.19. The zero-order valence-corrected chi connectivity index (χ0v) is 12.9. The molecule has 0 bridgehead atoms. The second-order valence-electron chi connectivity index (χ2n) is 6.66. The fraction of sp³-hybridized carbons (Fsp3) is 1.00. The molecule has 19 heavy (non-hydrogen) atoms. The summed E-state index contributed by atoms with van der Waals surface area (Å²) in [6.45, 7) is 10.7. The lowest BCUT2D eigenvalue weighted by Gasteiger charge is -2.35. The normalized spacial score (nSPS) is 24.2. The number of hydrogen-bond donors (Lipinski definition) is 1. The molecule has 0 saturated carbocycles. The molecule has 0 aromatic rings. The van der Waals surface area contributed by atoms with Crippen LogP contribution in [0.5, 0.6) is 0 Å². The monoisotopic (exact) mass is 268 g/mol. The van der Waals surface area contributed by atoms with Crippen LogP contribution in [-0.2, 0) is 4.74 Å². The van der Waals surface area contributed by atoms with E-state index in [0.29, 0.717) is 12.2 Å². The lowest BCUT2D eigenvalue weighted by atomic mass is 10.0. The van der Waals surface area contributed by atoms with Gasteiger partial charge in [0.2, 0.25) is 0 Å². The van der Waals surface area contributed by atoms with E-state index < -0.39 is 0 Å². The van der Waals surface area contributed by atoms with Crippen molar-refractivity contribution in [3.05, 3.63) is 0 Å². The molecule has 0 aromatic heterocycles. The van der Waals surface area contributed by atoms with E-state index in [4.69, 9.17) is 4.74 Å². The van der Waals surface area contributed by atoms with Gasteiger partial charge in [-0.05, 0) is 64.1 Å². The van der Waals surface area contributed by atoms with Crippen LogP contribution < -0.4 is 5.32 Å². The zero-order chi connectivity index (χ0) is 13.5. The molecule has 2 aliphatic heterocycles. The van der Waals surface area contributed by atoms with Crippen molar-refractivity contribution in [2.75, 3.05) is 32.7 Å². The first-order chi connectivity index (χ1) is 9.24. The number of piperidine rings is 2. The van der Waals surface area contributed by atoms with Gasteiger partial charge in [0, 0.05) is 13.1 Å². The molecular formula is C16H32N2O. The van der Waals surface area contributed by atoms with Gasteiger partial charge in [-0.3, -0.25) is 0 Å². The third kappa shape index (κ3) is 5.80. The minimum atomic E-state index is 0.527. The summed E-state index contributed by atoms with van der Waals surface area (Å²) in [5, 5.41) is 3.40. The van der Waals surface area contributed by atoms with Gasteiger partial charge >= 0.3 is 0 Å². The largest absolute Gasteiger partial charge is 0.375 e. The molecule has 0 radical (unpaired) electrons. The van der Waals surface area contributed by atoms with Crippen molar-refractivity contribution in [2.24, 2.45) is 5.92 Å². The second kappa shape index (κ2) is 8.23. The Kier molecular flexibility index (Phi) is 6.62. The van der Waals surface area contributed by atoms with Crippen LogP contribution in [0.3, 0.4) is 0 Å². The molecule has 2 saturated heterocycles. The molecule has 0 atom stereocenters. The highest BCUT2D eigenvalue weighted by atomic mass is 16.5. The standard InChI is InChI=1S/C16H32N2O/c1-14(2)4-3-11-18-12-7-16(8-13-18)19-15-5-9-17-10-6-15/h14-17H,3-13H2,1-2H3. The van der Waals surface area contributed by atoms with E-state index in [1.807, 2.05) is 0 Å². The van der Waals surface area contributed by atoms with Gasteiger partial charge in [-0.25, -0.2) is 0 Å². The smallest absolute Gasteiger partial charge is 0.0603 e. The maximum atomic E-state index is 6.26. The first-order valence-electron chi connectivity index (χ1n) is 8.32. The van der Waals surface area contributed by atoms with Crippen molar-refractivity contribution in [1.82, 2.24) is 10.2 Å². The Labute approximate surface area is 119 Å². The van der Waals surface area contributed by atoms with Gasteiger partial charge in [0.1, 0.15) is 0 Å². The predicted molar refractivity (Wildman–Crippen MR) is 80.5 cm³/mol. The average Bonchev–Trinajstić information content (AvgIpc) is 2.42. The van der Waals surface area contributed by atoms with Gasteiger partial charge in [-0.2, -0.15) is 0 Å². The van der Waals surface area contributed by atoms with Crippen molar-refractivity contribution >= 4 is 0 Å². The summed E-state index contributed by atoms with van der Waals surface area (Å²) < 4.78 is 6.26. The van der Waals surface area contributed by atoms with Crippen molar-refractivity contribution in [3.63, 3.8) is 0 Å². The summed E-state index contributed by atoms with van der Waals surface area (Å²) in [7, 11) is 0. The highest BCUT2D eigenvalue weighted by molar-refractivity contribution is 4.76. The Morgan fingerprint density at radius 3 is 2.32 bits per heavy atom. The lowest BCUT2D eigenvalue weighted by molar-refractivity contribution is -0.0531. The van der Waals surface area contributed by atoms with Crippen LogP contribution in [0, 0.1) is 5.92 Å². The molecule has 0 amide bonds. The van der Waals surface area contributed by atoms with Crippen LogP contribution in [0.15, 0.2) is 0 Å². The van der Waals surface area contributed by atoms with Crippen molar-refractivity contribution in [2.45, 2.75) is 64.6 Å². The number of ether oxygens (including phenoxy) is 1. The summed E-state index contributed by atoms with van der Waals surface area (Å²) in [6, 6.07) is 0. The Morgan fingerprint density at radius 2 is 1.68 bits per heavy atom. The quantitative estimate of drug-likeness (QED) is 0.801. The third-order valence-corrected chi connectivity index (χ3v) is 4.46. The topological polar surface area (TPSA) is 24.5 Å². The van der Waals surface area contributed by atoms with E-state index in [9.17, 15) is 0 Å². The number of hydrogen-bond acceptors (Lipinski definition) is 3. The van der Waals surface area contributed by atoms with Gasteiger partial charge in [0.25, 0.3) is 0 Å². The molecule has 2 fully saturated rings. The third-order valence-electron chi connectivity index (χ3n) is 4.46. The molecule has 1 N–H and O–H groups in total. The first-order valence-corrected chi connectivity index (χ1v) is 8.32. The lowest BCUT2D eigenvalue weighted by Crippen LogP contribution is -2.41. The minimum absolute atomic E-state index is 0.527. The van der Waals surface area contributed by atoms with E-state index >= 15 is 0 Å². The summed E-state index contributed by atoms with van der Waals surface area (Å²) >= 11 is 0. The molecule has 2 rings (SSSR count). The number of rotatable bonds is 6. The molecule has 3 nitrogen and oxygen atoms in total. The SMILES string of the molecule is CC(C)CCCN1CCC(OC2CCNCC2)CC1. The molecule has 0 aliphatic carbocycles. The van der Waals surface area contributed by atoms with E-state index in [-0.39, 0.29) is 0 Å². The summed E-state index contributed by atoms with van der Waals surface area (Å²) in [4.78, 5) is 2.63. The van der Waals surface area contributed by atoms with Crippen molar-refractivity contribution < 1.29 is 4.74 Å². The number of nitrogens with zero attached hydrogens (tertiary/aromatic N) is 1. The Balaban J connectivity index is 1.56. The fourth-order valence-corrected chi connectivity index (χ4v) is 3.20. The maximum Gasteiger partial charge on any atom is 0.0603 e. The fourth-order valence-electron chi connectivity index (χ4n) is 3.20. The summed E-state index contributed by atoms with van der Waals surface area (Å²) in [6.07, 6.45) is 8.67. The predicted octanol–water partition coefficient (Wildman–Crippen LogP) is 2.66. The van der Waals surface area contributed by atoms with Crippen LogP contribution in [-0.4, -0.2) is 49.8 Å². The van der Waals surface area contributed by atoms with Crippen LogP contribution in [0.2, 0.25) is 0 Å². The van der Waals surface area contributed by atoms with Gasteiger partial charge in [-0.1, -0.05) is 13.8 Å². The zero-order valence-electron chi connectivity index (χ0n) is 12.9. The molecule has 3 heteroatoms. The number of nitrogens with one attached hydrogen (secondary N) is 1. The van der Waals surface area contributed by atoms with Gasteiger partial charge in [0.05, 0.1) is 12.2 Å². The van der Waals surface area contributed by atoms with Crippen molar-refractivity contribution in [3.8, 4) is 0 Å². The molecule has 0 spiro atoms. The maximum absolute atomic E-state index is 6.26. The molecule has 112 valence electrons. The average molecular weight is 268 g/mol. The van der Waals surface area contributed by atoms with Gasteiger partial charge < -0.3 is 15.0 Å². The minimum Gasteiger partial charge on any atom is -0.375 e. The van der Waals surface area contributed by atoms with Crippen molar-refractivity contribution in [1.29, 1.82) is 0 Å². The van der Waals surface area contributed by atoms with Gasteiger partial charge in [0.15, 0.2) is 0 Å². The van der Waals surface area contributed by atoms with Crippen LogP contribution in [0.25, 0.3) is 0 Å². The van der Waals surface area contributed by atoms with Crippen LogP contribution in [0.4, 0.5) is 0 Å². The molecular weight excluding hydrogens is 236 g/mol. The summed E-state index contributed by atoms with van der Waals surface area (Å²) in [5.41, 5.74) is 0. The van der Waals surface area contributed by atoms with Crippen LogP contribution >= 0.6 is 0 Å². The Bertz CT molecular complexity index is 231. The van der Waals surface area contributed by atoms with E-state index in [0.717, 1.165) is 19.0 Å². The number of likely N-dealkylation sites (tertiary alicyclic amines) is 1. The highest BCUT2D eigenvalue weighted by Gasteiger charge is 2.23.